The molecule has 0 bridgehead atoms. The van der Waals surface area contributed by atoms with E-state index < -0.39 is 16.9 Å². The molecule has 1 aliphatic rings. The third kappa shape index (κ3) is 4.60. The number of aromatic nitrogens is 3. The van der Waals surface area contributed by atoms with Gasteiger partial charge in [0, 0.05) is 40.4 Å². The Morgan fingerprint density at radius 3 is 2.46 bits per heavy atom. The van der Waals surface area contributed by atoms with E-state index >= 15 is 0 Å². The van der Waals surface area contributed by atoms with Crippen molar-refractivity contribution in [2.75, 3.05) is 5.32 Å². The van der Waals surface area contributed by atoms with Crippen LogP contribution >= 0.6 is 11.3 Å². The van der Waals surface area contributed by atoms with Gasteiger partial charge in [-0.15, -0.1) is 21.5 Å². The van der Waals surface area contributed by atoms with Crippen LogP contribution in [0, 0.1) is 30.9 Å². The molecule has 0 saturated heterocycles. The van der Waals surface area contributed by atoms with Crippen LogP contribution < -0.4 is 5.32 Å². The Hall–Kier alpha value is -4.38. The average Bonchev–Trinajstić information content (AvgIpc) is 3.35. The summed E-state index contributed by atoms with van der Waals surface area (Å²) in [6.07, 6.45) is -0.191. The third-order valence-electron chi connectivity index (χ3n) is 6.41. The fourth-order valence-electron chi connectivity index (χ4n) is 4.38. The molecule has 5 rings (SSSR count). The quantitative estimate of drug-likeness (QED) is 0.256. The lowest BCUT2D eigenvalue weighted by Gasteiger charge is -2.12. The molecule has 4 aromatic rings. The number of aliphatic imine (C=N–C) groups is 1. The zero-order valence-electron chi connectivity index (χ0n) is 20.4. The first kappa shape index (κ1) is 24.3. The molecule has 10 nitrogen and oxygen atoms in total. The van der Waals surface area contributed by atoms with E-state index in [1.807, 2.05) is 35.8 Å². The van der Waals surface area contributed by atoms with Crippen molar-refractivity contribution in [3.05, 3.63) is 97.4 Å². The van der Waals surface area contributed by atoms with Gasteiger partial charge in [0.2, 0.25) is 0 Å². The van der Waals surface area contributed by atoms with Crippen LogP contribution in [0.4, 0.5) is 11.4 Å². The number of rotatable bonds is 7. The SMILES string of the molecule is Cc1sc2c(c1C)C(c1ccc(NCc3ccc([N+](=O)[O-])cc3)cc1)=N[C@@H](CC(=O)O)c1nnc(C)n1-2. The van der Waals surface area contributed by atoms with Gasteiger partial charge in [-0.3, -0.25) is 24.5 Å². The number of hydrogen-bond acceptors (Lipinski definition) is 8. The number of nitro groups is 1. The number of carboxylic acid groups (broad SMARTS) is 1. The lowest BCUT2D eigenvalue weighted by Crippen LogP contribution is -2.10. The van der Waals surface area contributed by atoms with Crippen LogP contribution in [0.25, 0.3) is 5.00 Å². The van der Waals surface area contributed by atoms with Crippen LogP contribution in [-0.4, -0.2) is 36.5 Å². The minimum absolute atomic E-state index is 0.0599. The predicted molar refractivity (Wildman–Crippen MR) is 141 cm³/mol. The molecule has 1 aliphatic heterocycles. The van der Waals surface area contributed by atoms with E-state index in [0.717, 1.165) is 43.5 Å². The van der Waals surface area contributed by atoms with Crippen LogP contribution in [0.3, 0.4) is 0 Å². The van der Waals surface area contributed by atoms with Crippen molar-refractivity contribution in [3.8, 4) is 5.00 Å². The van der Waals surface area contributed by atoms with Crippen LogP contribution in [0.2, 0.25) is 0 Å². The second-order valence-electron chi connectivity index (χ2n) is 8.85. The summed E-state index contributed by atoms with van der Waals surface area (Å²) in [5.74, 6) is 0.262. The fourth-order valence-corrected chi connectivity index (χ4v) is 5.59. The van der Waals surface area contributed by atoms with E-state index in [0.29, 0.717) is 18.2 Å². The molecule has 0 fully saturated rings. The number of aliphatic carboxylic acids is 1. The summed E-state index contributed by atoms with van der Waals surface area (Å²) in [7, 11) is 0. The number of non-ortho nitro benzene ring substituents is 1. The highest BCUT2D eigenvalue weighted by Crippen LogP contribution is 2.39. The molecule has 0 spiro atoms. The summed E-state index contributed by atoms with van der Waals surface area (Å²) >= 11 is 1.62. The Morgan fingerprint density at radius 2 is 1.81 bits per heavy atom. The monoisotopic (exact) mass is 516 g/mol. The molecule has 2 N–H and O–H groups in total. The van der Waals surface area contributed by atoms with Gasteiger partial charge in [0.25, 0.3) is 5.69 Å². The number of anilines is 1. The van der Waals surface area contributed by atoms with Crippen molar-refractivity contribution in [2.45, 2.75) is 39.8 Å². The topological polar surface area (TPSA) is 136 Å². The highest BCUT2D eigenvalue weighted by Gasteiger charge is 2.32. The van der Waals surface area contributed by atoms with Crippen molar-refractivity contribution in [2.24, 2.45) is 4.99 Å². The third-order valence-corrected chi connectivity index (χ3v) is 7.60. The lowest BCUT2D eigenvalue weighted by atomic mass is 9.99. The molecule has 0 saturated carbocycles. The van der Waals surface area contributed by atoms with E-state index in [4.69, 9.17) is 4.99 Å². The van der Waals surface area contributed by atoms with Gasteiger partial charge in [0.1, 0.15) is 16.9 Å². The molecule has 188 valence electrons. The lowest BCUT2D eigenvalue weighted by molar-refractivity contribution is -0.384. The number of fused-ring (bicyclic) bond motifs is 3. The number of nitro benzene ring substituents is 1. The second kappa shape index (κ2) is 9.58. The van der Waals surface area contributed by atoms with Crippen molar-refractivity contribution in [1.82, 2.24) is 14.8 Å². The molecule has 2 aromatic heterocycles. The number of aryl methyl sites for hydroxylation is 2. The van der Waals surface area contributed by atoms with Crippen molar-refractivity contribution in [1.29, 1.82) is 0 Å². The zero-order chi connectivity index (χ0) is 26.3. The largest absolute Gasteiger partial charge is 0.481 e. The van der Waals surface area contributed by atoms with Crippen molar-refractivity contribution < 1.29 is 14.8 Å². The Kier molecular flexibility index (Phi) is 6.30. The fraction of sp³-hybridized carbons (Fsp3) is 0.231. The Labute approximate surface area is 216 Å². The maximum atomic E-state index is 11.7. The first-order valence-corrected chi connectivity index (χ1v) is 12.4. The highest BCUT2D eigenvalue weighted by molar-refractivity contribution is 7.15. The normalized spacial score (nSPS) is 14.4. The maximum Gasteiger partial charge on any atom is 0.306 e. The summed E-state index contributed by atoms with van der Waals surface area (Å²) in [5, 5.41) is 33.2. The molecule has 11 heteroatoms. The number of nitrogens with zero attached hydrogens (tertiary/aromatic N) is 5. The van der Waals surface area contributed by atoms with E-state index in [1.165, 1.54) is 12.1 Å². The molecule has 0 unspecified atom stereocenters. The molecule has 37 heavy (non-hydrogen) atoms. The molecular formula is C26H24N6O4S. The summed E-state index contributed by atoms with van der Waals surface area (Å²) in [6.45, 7) is 6.49. The molecule has 0 amide bonds. The van der Waals surface area contributed by atoms with Crippen molar-refractivity contribution >= 4 is 34.4 Å². The number of carboxylic acids is 1. The molecule has 2 aromatic carbocycles. The van der Waals surface area contributed by atoms with Crippen LogP contribution in [0.1, 0.15) is 51.2 Å². The number of hydrogen-bond donors (Lipinski definition) is 2. The Morgan fingerprint density at radius 1 is 1.11 bits per heavy atom. The zero-order valence-corrected chi connectivity index (χ0v) is 21.2. The van der Waals surface area contributed by atoms with Gasteiger partial charge in [0.05, 0.1) is 17.1 Å². The molecular weight excluding hydrogens is 492 g/mol. The minimum Gasteiger partial charge on any atom is -0.481 e. The van der Waals surface area contributed by atoms with Gasteiger partial charge < -0.3 is 10.4 Å². The summed E-state index contributed by atoms with van der Waals surface area (Å²) in [6, 6.07) is 13.6. The number of thiophene rings is 1. The molecule has 0 aliphatic carbocycles. The molecule has 0 radical (unpaired) electrons. The second-order valence-corrected chi connectivity index (χ2v) is 10.1. The maximum absolute atomic E-state index is 11.7. The summed E-state index contributed by atoms with van der Waals surface area (Å²) in [4.78, 5) is 28.2. The highest BCUT2D eigenvalue weighted by atomic mass is 32.1. The van der Waals surface area contributed by atoms with Gasteiger partial charge in [-0.25, -0.2) is 0 Å². The summed E-state index contributed by atoms with van der Waals surface area (Å²) < 4.78 is 1.93. The van der Waals surface area contributed by atoms with Crippen LogP contribution in [-0.2, 0) is 11.3 Å². The first-order chi connectivity index (χ1) is 17.7. The van der Waals surface area contributed by atoms with E-state index in [2.05, 4.69) is 29.4 Å². The van der Waals surface area contributed by atoms with Gasteiger partial charge in [-0.1, -0.05) is 24.3 Å². The number of benzene rings is 2. The standard InChI is InChI=1S/C26H24N6O4S/c1-14-15(2)37-26-23(14)24(28-21(12-22(33)34)25-30-29-16(3)31(25)26)18-6-8-19(9-7-18)27-13-17-4-10-20(11-5-17)32(35)36/h4-11,21,27H,12-13H2,1-3H3,(H,33,34)/t21-/m0/s1. The van der Waals surface area contributed by atoms with Gasteiger partial charge >= 0.3 is 5.97 Å². The average molecular weight is 517 g/mol. The van der Waals surface area contributed by atoms with Crippen LogP contribution in [0.15, 0.2) is 53.5 Å². The van der Waals surface area contributed by atoms with Gasteiger partial charge in [-0.2, -0.15) is 0 Å². The van der Waals surface area contributed by atoms with Gasteiger partial charge in [0.15, 0.2) is 5.82 Å². The Balaban J connectivity index is 1.48. The van der Waals surface area contributed by atoms with Crippen LogP contribution in [0.5, 0.6) is 0 Å². The minimum atomic E-state index is -0.954. The van der Waals surface area contributed by atoms with E-state index in [-0.39, 0.29) is 12.1 Å². The predicted octanol–water partition coefficient (Wildman–Crippen LogP) is 5.14. The smallest absolute Gasteiger partial charge is 0.306 e. The van der Waals surface area contributed by atoms with Crippen molar-refractivity contribution in [3.63, 3.8) is 0 Å². The number of nitrogens with one attached hydrogen (secondary N) is 1. The summed E-state index contributed by atoms with van der Waals surface area (Å²) in [5.41, 5.74) is 5.52. The van der Waals surface area contributed by atoms with Gasteiger partial charge in [-0.05, 0) is 44.0 Å². The van der Waals surface area contributed by atoms with E-state index in [1.54, 1.807) is 23.5 Å². The molecule has 3 heterocycles. The molecule has 1 atom stereocenters. The number of carbonyl (C=O) groups is 1. The Bertz CT molecular complexity index is 1540. The first-order valence-electron chi connectivity index (χ1n) is 11.6. The van der Waals surface area contributed by atoms with E-state index in [9.17, 15) is 20.0 Å².